The van der Waals surface area contributed by atoms with Crippen LogP contribution in [0.25, 0.3) is 0 Å². The van der Waals surface area contributed by atoms with Crippen molar-refractivity contribution >= 4 is 17.9 Å². The van der Waals surface area contributed by atoms with Crippen molar-refractivity contribution in [2.45, 2.75) is 402 Å². The Kier molecular flexibility index (Phi) is 24.8. The highest BCUT2D eigenvalue weighted by Gasteiger charge is 2.66. The van der Waals surface area contributed by atoms with E-state index in [4.69, 9.17) is 28.4 Å². The maximum absolute atomic E-state index is 12.4. The molecule has 0 radical (unpaired) electrons. The van der Waals surface area contributed by atoms with Crippen LogP contribution in [0.2, 0.25) is 0 Å². The first-order valence-electron chi connectivity index (χ1n) is 47.6. The number of carbonyl (C=O) groups excluding carboxylic acids is 3. The molecule has 0 aliphatic heterocycles. The zero-order valence-electron chi connectivity index (χ0n) is 71.7. The Morgan fingerprint density at radius 3 is 1.13 bits per heavy atom. The summed E-state index contributed by atoms with van der Waals surface area (Å²) in [5, 5.41) is 30.7. The Bertz CT molecular complexity index is 3010. The van der Waals surface area contributed by atoms with Gasteiger partial charge in [0.1, 0.15) is 18.3 Å². The first-order chi connectivity index (χ1) is 51.9. The molecule has 0 aromatic heterocycles. The Hall–Kier alpha value is -1.83. The number of esters is 3. The van der Waals surface area contributed by atoms with Gasteiger partial charge in [-0.05, 0) is 413 Å². The van der Waals surface area contributed by atoms with E-state index in [-0.39, 0.29) is 81.4 Å². The molecule has 0 saturated heterocycles. The van der Waals surface area contributed by atoms with Crippen LogP contribution in [0.1, 0.15) is 348 Å². The number of aliphatic hydroxyl groups excluding tert-OH is 3. The molecule has 22 saturated carbocycles. The summed E-state index contributed by atoms with van der Waals surface area (Å²) in [5.74, 6) is 24.2. The molecule has 620 valence electrons. The van der Waals surface area contributed by atoms with Crippen LogP contribution in [-0.4, -0.2) is 87.7 Å². The number of ether oxygens (including phenoxy) is 6. The van der Waals surface area contributed by atoms with Crippen LogP contribution in [0.5, 0.6) is 0 Å². The molecular weight excluding hydrogens is 1360 g/mol. The lowest BCUT2D eigenvalue weighted by Gasteiger charge is -2.57. The van der Waals surface area contributed by atoms with E-state index >= 15 is 0 Å². The minimum atomic E-state index is -0.598. The quantitative estimate of drug-likeness (QED) is 0.0431. The molecule has 0 spiro atoms. The fraction of sp³-hybridized carbons (Fsp3) is 0.969. The number of hydrogen-bond acceptors (Lipinski definition) is 12. The van der Waals surface area contributed by atoms with Crippen LogP contribution < -0.4 is 0 Å². The topological polar surface area (TPSA) is 167 Å². The van der Waals surface area contributed by atoms with Crippen molar-refractivity contribution in [1.29, 1.82) is 0 Å². The minimum Gasteiger partial charge on any atom is -0.462 e. The van der Waals surface area contributed by atoms with Crippen LogP contribution in [0, 0.1) is 188 Å². The van der Waals surface area contributed by atoms with E-state index in [2.05, 4.69) is 69.2 Å². The number of fused-ring (bicyclic) bond motifs is 28. The Balaban J connectivity index is 0.000000104. The molecule has 109 heavy (non-hydrogen) atoms. The predicted molar refractivity (Wildman–Crippen MR) is 429 cm³/mol. The molecule has 22 rings (SSSR count). The highest BCUT2D eigenvalue weighted by molar-refractivity contribution is 5.76. The van der Waals surface area contributed by atoms with E-state index in [1.807, 2.05) is 34.6 Å². The van der Waals surface area contributed by atoms with Gasteiger partial charge in [0.15, 0.2) is 18.9 Å². The molecule has 22 fully saturated rings. The molecule has 0 amide bonds. The van der Waals surface area contributed by atoms with Crippen LogP contribution in [0.15, 0.2) is 0 Å². The van der Waals surface area contributed by atoms with Gasteiger partial charge in [0.2, 0.25) is 0 Å². The van der Waals surface area contributed by atoms with Crippen molar-refractivity contribution in [1.82, 2.24) is 0 Å². The van der Waals surface area contributed by atoms with Crippen LogP contribution in [0.3, 0.4) is 0 Å². The first-order valence-corrected chi connectivity index (χ1v) is 47.6. The molecule has 0 heterocycles. The standard InChI is InChI=1S/C18H28O2.C17H28O2.C16H28O2.C16H26O2.C15H26O2.C15H24O2/c1-4-18(2,3)17(19)20-14-9-12-8-13(14)16-11-6-5-10(7-11)15(12)16;1-3-9(2)17(18)19-14-8-12-7-13(14)16-11-5-4-10(6-11)15(12)16;1-4-15(2,3)14(17)18-16-8-11-5-12(9-16)7-13(6-11)10-16;1-4-16(2,3)15(17)18-14-9-10-8-13(14)12-7-5-6-11(10)12;1-3-10(2)14(16)17-15-7-11-4-12(8-15)6-13(5-11)9-15;1-3-9(2)15(16)17-14-8-10-7-13(14)12-6-4-5-11(10)12/h10-16H,4-9H2,1-3H3;9-18H,3-8H2,1-2H3;11-14,17H,4-10H2,1-3H3;10-14H,4-9H2,1-3H3;10-14,16H,3-9H2,1-2H3;9-14H,3-8H2,1-2H3. The maximum Gasteiger partial charge on any atom is 0.311 e. The van der Waals surface area contributed by atoms with Crippen molar-refractivity contribution in [2.24, 2.45) is 188 Å². The fourth-order valence-corrected chi connectivity index (χ4v) is 30.9. The molecule has 12 nitrogen and oxygen atoms in total. The summed E-state index contributed by atoms with van der Waals surface area (Å²) in [6, 6.07) is 0. The van der Waals surface area contributed by atoms with Gasteiger partial charge < -0.3 is 43.7 Å². The lowest BCUT2D eigenvalue weighted by atomic mass is 9.54. The Labute approximate surface area is 662 Å². The molecule has 0 aromatic rings. The predicted octanol–water partition coefficient (Wildman–Crippen LogP) is 21.7. The molecule has 22 aliphatic rings. The number of carbonyl (C=O) groups is 3. The van der Waals surface area contributed by atoms with E-state index in [0.717, 1.165) is 187 Å². The Morgan fingerprint density at radius 2 is 0.716 bits per heavy atom. The third-order valence-electron chi connectivity index (χ3n) is 37.6. The molecule has 12 heteroatoms. The largest absolute Gasteiger partial charge is 0.462 e. The summed E-state index contributed by atoms with van der Waals surface area (Å²) in [5.41, 5.74) is -0.658. The summed E-state index contributed by atoms with van der Waals surface area (Å²) in [6.45, 7) is 31.0. The SMILES string of the molecule is CCC(C)(C)C(=O)OC1CC2CC1C1C3CCC(C3)C21.CCC(C)(C)C(=O)OC1CC2CC1C1CCCC21.CCC(C)(C)C(O)OC12CC3CC(CC(C3)C1)C2.CCC(C)C(=O)OC1CC2CC1C1CCCC21.CCC(C)C(O)OC12CC3CC(CC(C3)C1)C2.CCC(C)C(O)OC1CC2CC1C1C3CCC(C3)C21. The molecule has 30 unspecified atom stereocenters. The fourth-order valence-electron chi connectivity index (χ4n) is 30.9. The van der Waals surface area contributed by atoms with Crippen molar-refractivity contribution in [2.75, 3.05) is 0 Å². The first kappa shape index (κ1) is 82.3. The zero-order chi connectivity index (χ0) is 77.1. The average molecular weight is 1520 g/mol. The summed E-state index contributed by atoms with van der Waals surface area (Å²) in [4.78, 5) is 36.4. The van der Waals surface area contributed by atoms with Gasteiger partial charge in [-0.2, -0.15) is 0 Å². The molecule has 30 atom stereocenters. The maximum atomic E-state index is 12.4. The van der Waals surface area contributed by atoms with Gasteiger partial charge in [0.05, 0.1) is 34.1 Å². The van der Waals surface area contributed by atoms with Crippen LogP contribution in [-0.2, 0) is 42.8 Å². The van der Waals surface area contributed by atoms with Gasteiger partial charge >= 0.3 is 17.9 Å². The van der Waals surface area contributed by atoms with E-state index in [0.29, 0.717) is 23.9 Å². The summed E-state index contributed by atoms with van der Waals surface area (Å²) < 4.78 is 36.1. The summed E-state index contributed by atoms with van der Waals surface area (Å²) in [6.07, 6.45) is 48.4. The van der Waals surface area contributed by atoms with E-state index in [1.54, 1.807) is 0 Å². The lowest BCUT2D eigenvalue weighted by molar-refractivity contribution is -0.271. The second kappa shape index (κ2) is 32.8. The molecule has 0 aromatic carbocycles. The third-order valence-corrected chi connectivity index (χ3v) is 37.6. The number of hydrogen-bond donors (Lipinski definition) is 3. The Morgan fingerprint density at radius 1 is 0.358 bits per heavy atom. The minimum absolute atomic E-state index is 0.0251. The van der Waals surface area contributed by atoms with E-state index in [9.17, 15) is 29.7 Å². The van der Waals surface area contributed by atoms with Crippen molar-refractivity contribution < 1.29 is 58.1 Å². The summed E-state index contributed by atoms with van der Waals surface area (Å²) >= 11 is 0. The van der Waals surface area contributed by atoms with E-state index < -0.39 is 18.9 Å². The number of rotatable bonds is 21. The van der Waals surface area contributed by atoms with Gasteiger partial charge in [0, 0.05) is 17.3 Å². The second-order valence-electron chi connectivity index (χ2n) is 45.1. The van der Waals surface area contributed by atoms with Gasteiger partial charge in [-0.25, -0.2) is 0 Å². The van der Waals surface area contributed by atoms with Gasteiger partial charge in [-0.3, -0.25) is 14.4 Å². The van der Waals surface area contributed by atoms with Gasteiger partial charge in [0.25, 0.3) is 0 Å². The number of aliphatic hydroxyl groups is 3. The van der Waals surface area contributed by atoms with Crippen LogP contribution in [0.4, 0.5) is 0 Å². The molecule has 3 N–H and O–H groups in total. The van der Waals surface area contributed by atoms with Gasteiger partial charge in [-0.15, -0.1) is 0 Å². The lowest BCUT2D eigenvalue weighted by Crippen LogP contribution is -2.54. The second-order valence-corrected chi connectivity index (χ2v) is 45.1. The third kappa shape index (κ3) is 16.4. The molecule has 22 aliphatic carbocycles. The van der Waals surface area contributed by atoms with Gasteiger partial charge in [-0.1, -0.05) is 89.0 Å². The monoisotopic (exact) mass is 1520 g/mol. The van der Waals surface area contributed by atoms with Crippen LogP contribution >= 0.6 is 0 Å². The van der Waals surface area contributed by atoms with Crippen molar-refractivity contribution in [3.63, 3.8) is 0 Å². The molecular formula is C97H160O12. The van der Waals surface area contributed by atoms with Crippen molar-refractivity contribution in [3.05, 3.63) is 0 Å². The van der Waals surface area contributed by atoms with Crippen molar-refractivity contribution in [3.8, 4) is 0 Å². The highest BCUT2D eigenvalue weighted by atomic mass is 16.6. The molecule has 20 bridgehead atoms. The summed E-state index contributed by atoms with van der Waals surface area (Å²) in [7, 11) is 0. The van der Waals surface area contributed by atoms with E-state index in [1.165, 1.54) is 193 Å². The smallest absolute Gasteiger partial charge is 0.311 e. The highest BCUT2D eigenvalue weighted by Crippen LogP contribution is 2.70. The normalized spacial score (nSPS) is 46.8. The zero-order valence-corrected chi connectivity index (χ0v) is 71.7. The average Bonchev–Trinajstić information content (AvgIpc) is 1.55.